The SMILES string of the molecule is CCN(Cc1nnc(-c2ccc(Cl)cc2)o1)CC1COc2ccccc2O1. The summed E-state index contributed by atoms with van der Waals surface area (Å²) in [6.45, 7) is 4.71. The Bertz CT molecular complexity index is 897. The van der Waals surface area contributed by atoms with E-state index in [1.54, 1.807) is 12.1 Å². The summed E-state index contributed by atoms with van der Waals surface area (Å²) in [5.41, 5.74) is 0.849. The van der Waals surface area contributed by atoms with Gasteiger partial charge >= 0.3 is 0 Å². The van der Waals surface area contributed by atoms with Gasteiger partial charge in [-0.3, -0.25) is 4.90 Å². The van der Waals surface area contributed by atoms with Crippen LogP contribution >= 0.6 is 11.6 Å². The van der Waals surface area contributed by atoms with Gasteiger partial charge in [0, 0.05) is 17.1 Å². The molecule has 0 spiro atoms. The molecule has 3 aromatic rings. The number of benzene rings is 2. The first kappa shape index (κ1) is 17.8. The molecule has 6 nitrogen and oxygen atoms in total. The lowest BCUT2D eigenvalue weighted by Gasteiger charge is -2.30. The van der Waals surface area contributed by atoms with E-state index in [1.807, 2.05) is 36.4 Å². The van der Waals surface area contributed by atoms with E-state index >= 15 is 0 Å². The van der Waals surface area contributed by atoms with Crippen molar-refractivity contribution in [1.29, 1.82) is 0 Å². The molecule has 1 aliphatic rings. The molecular weight excluding hydrogens is 366 g/mol. The number of aromatic nitrogens is 2. The van der Waals surface area contributed by atoms with Crippen LogP contribution in [0, 0.1) is 0 Å². The third-order valence-corrected chi connectivity index (χ3v) is 4.65. The molecule has 2 aromatic carbocycles. The van der Waals surface area contributed by atoms with Crippen LogP contribution in [-0.4, -0.2) is 40.9 Å². The number of ether oxygens (including phenoxy) is 2. The van der Waals surface area contributed by atoms with E-state index < -0.39 is 0 Å². The van der Waals surface area contributed by atoms with Gasteiger partial charge < -0.3 is 13.9 Å². The molecular formula is C20H20ClN3O3. The second-order valence-electron chi connectivity index (χ2n) is 6.33. The highest BCUT2D eigenvalue weighted by Crippen LogP contribution is 2.31. The fourth-order valence-electron chi connectivity index (χ4n) is 2.96. The molecule has 4 rings (SSSR count). The summed E-state index contributed by atoms with van der Waals surface area (Å²) < 4.78 is 17.6. The van der Waals surface area contributed by atoms with Crippen LogP contribution in [0.4, 0.5) is 0 Å². The van der Waals surface area contributed by atoms with E-state index in [1.165, 1.54) is 0 Å². The van der Waals surface area contributed by atoms with Crippen LogP contribution in [0.5, 0.6) is 11.5 Å². The molecule has 0 radical (unpaired) electrons. The van der Waals surface area contributed by atoms with Crippen LogP contribution in [-0.2, 0) is 6.54 Å². The summed E-state index contributed by atoms with van der Waals surface area (Å²) in [4.78, 5) is 2.20. The summed E-state index contributed by atoms with van der Waals surface area (Å²) in [6.07, 6.45) is -0.0430. The highest BCUT2D eigenvalue weighted by Gasteiger charge is 2.23. The topological polar surface area (TPSA) is 60.6 Å². The minimum atomic E-state index is -0.0430. The summed E-state index contributed by atoms with van der Waals surface area (Å²) in [5, 5.41) is 8.98. The summed E-state index contributed by atoms with van der Waals surface area (Å²) in [7, 11) is 0. The van der Waals surface area contributed by atoms with Crippen LogP contribution in [0.1, 0.15) is 12.8 Å². The zero-order chi connectivity index (χ0) is 18.6. The van der Waals surface area contributed by atoms with Gasteiger partial charge in [0.25, 0.3) is 0 Å². The predicted octanol–water partition coefficient (Wildman–Crippen LogP) is 4.05. The van der Waals surface area contributed by atoms with Crippen LogP contribution in [0.2, 0.25) is 5.02 Å². The lowest BCUT2D eigenvalue weighted by Crippen LogP contribution is -2.40. The normalized spacial score (nSPS) is 15.9. The molecule has 0 N–H and O–H groups in total. The van der Waals surface area contributed by atoms with Crippen LogP contribution in [0.25, 0.3) is 11.5 Å². The summed E-state index contributed by atoms with van der Waals surface area (Å²) >= 11 is 5.92. The molecule has 0 aliphatic carbocycles. The molecule has 0 amide bonds. The average Bonchev–Trinajstić information content (AvgIpc) is 3.16. The number of halogens is 1. The van der Waals surface area contributed by atoms with Gasteiger partial charge in [0.1, 0.15) is 12.7 Å². The molecule has 1 unspecified atom stereocenters. The van der Waals surface area contributed by atoms with Crippen molar-refractivity contribution in [3.8, 4) is 23.0 Å². The molecule has 7 heteroatoms. The van der Waals surface area contributed by atoms with Crippen LogP contribution in [0.3, 0.4) is 0 Å². The third kappa shape index (κ3) is 4.23. The minimum absolute atomic E-state index is 0.0430. The number of nitrogens with zero attached hydrogens (tertiary/aromatic N) is 3. The number of rotatable bonds is 6. The monoisotopic (exact) mass is 385 g/mol. The van der Waals surface area contributed by atoms with Crippen molar-refractivity contribution >= 4 is 11.6 Å². The van der Waals surface area contributed by atoms with Gasteiger partial charge in [0.05, 0.1) is 6.54 Å². The van der Waals surface area contributed by atoms with Crippen molar-refractivity contribution < 1.29 is 13.9 Å². The molecule has 1 atom stereocenters. The number of para-hydroxylation sites is 2. The van der Waals surface area contributed by atoms with Gasteiger partial charge in [0.2, 0.25) is 11.8 Å². The minimum Gasteiger partial charge on any atom is -0.486 e. The second kappa shape index (κ2) is 7.98. The van der Waals surface area contributed by atoms with E-state index in [9.17, 15) is 0 Å². The van der Waals surface area contributed by atoms with Crippen LogP contribution in [0.15, 0.2) is 52.9 Å². The first-order valence-electron chi connectivity index (χ1n) is 8.90. The highest BCUT2D eigenvalue weighted by molar-refractivity contribution is 6.30. The average molecular weight is 386 g/mol. The lowest BCUT2D eigenvalue weighted by molar-refractivity contribution is 0.0558. The van der Waals surface area contributed by atoms with Gasteiger partial charge in [-0.2, -0.15) is 0 Å². The maximum absolute atomic E-state index is 6.04. The Balaban J connectivity index is 1.39. The first-order chi connectivity index (χ1) is 13.2. The van der Waals surface area contributed by atoms with E-state index in [2.05, 4.69) is 22.0 Å². The van der Waals surface area contributed by atoms with Crippen molar-refractivity contribution in [2.45, 2.75) is 19.6 Å². The van der Waals surface area contributed by atoms with Crippen molar-refractivity contribution in [2.24, 2.45) is 0 Å². The maximum Gasteiger partial charge on any atom is 0.247 e. The number of hydrogen-bond donors (Lipinski definition) is 0. The molecule has 140 valence electrons. The van der Waals surface area contributed by atoms with Gasteiger partial charge in [-0.05, 0) is 42.9 Å². The Morgan fingerprint density at radius 3 is 2.63 bits per heavy atom. The maximum atomic E-state index is 6.04. The molecule has 0 bridgehead atoms. The molecule has 0 saturated carbocycles. The summed E-state index contributed by atoms with van der Waals surface area (Å²) in [6, 6.07) is 15.1. The molecule has 27 heavy (non-hydrogen) atoms. The Kier molecular flexibility index (Phi) is 5.27. The zero-order valence-electron chi connectivity index (χ0n) is 15.0. The predicted molar refractivity (Wildman–Crippen MR) is 102 cm³/mol. The van der Waals surface area contributed by atoms with E-state index in [0.29, 0.717) is 36.5 Å². The molecule has 2 heterocycles. The van der Waals surface area contributed by atoms with Crippen molar-refractivity contribution in [3.05, 3.63) is 59.4 Å². The standard InChI is InChI=1S/C20H20ClN3O3/c1-2-24(11-16-13-25-17-5-3-4-6-18(17)26-16)12-19-22-23-20(27-19)14-7-9-15(21)10-8-14/h3-10,16H,2,11-13H2,1H3. The Morgan fingerprint density at radius 2 is 1.85 bits per heavy atom. The number of fused-ring (bicyclic) bond motifs is 1. The van der Waals surface area contributed by atoms with E-state index in [-0.39, 0.29) is 6.10 Å². The Morgan fingerprint density at radius 1 is 1.07 bits per heavy atom. The fraction of sp³-hybridized carbons (Fsp3) is 0.300. The largest absolute Gasteiger partial charge is 0.486 e. The van der Waals surface area contributed by atoms with Crippen LogP contribution < -0.4 is 9.47 Å². The quantitative estimate of drug-likeness (QED) is 0.638. The third-order valence-electron chi connectivity index (χ3n) is 4.39. The van der Waals surface area contributed by atoms with Crippen molar-refractivity contribution in [3.63, 3.8) is 0 Å². The molecule has 0 fully saturated rings. The number of hydrogen-bond acceptors (Lipinski definition) is 6. The van der Waals surface area contributed by atoms with Crippen molar-refractivity contribution in [2.75, 3.05) is 19.7 Å². The van der Waals surface area contributed by atoms with Gasteiger partial charge in [-0.15, -0.1) is 10.2 Å². The lowest BCUT2D eigenvalue weighted by atomic mass is 10.2. The summed E-state index contributed by atoms with van der Waals surface area (Å²) in [5.74, 6) is 2.64. The molecule has 0 saturated heterocycles. The highest BCUT2D eigenvalue weighted by atomic mass is 35.5. The van der Waals surface area contributed by atoms with E-state index in [0.717, 1.165) is 23.6 Å². The smallest absolute Gasteiger partial charge is 0.247 e. The first-order valence-corrected chi connectivity index (χ1v) is 9.28. The van der Waals surface area contributed by atoms with Gasteiger partial charge in [-0.1, -0.05) is 30.7 Å². The Hall–Kier alpha value is -2.57. The zero-order valence-corrected chi connectivity index (χ0v) is 15.7. The second-order valence-corrected chi connectivity index (χ2v) is 6.77. The Labute approximate surface area is 162 Å². The van der Waals surface area contributed by atoms with Gasteiger partial charge in [-0.25, -0.2) is 0 Å². The van der Waals surface area contributed by atoms with Crippen molar-refractivity contribution in [1.82, 2.24) is 15.1 Å². The number of likely N-dealkylation sites (N-methyl/N-ethyl adjacent to an activating group) is 1. The van der Waals surface area contributed by atoms with Gasteiger partial charge in [0.15, 0.2) is 11.5 Å². The van der Waals surface area contributed by atoms with E-state index in [4.69, 9.17) is 25.5 Å². The molecule has 1 aliphatic heterocycles. The fourth-order valence-corrected chi connectivity index (χ4v) is 3.09. The molecule has 1 aromatic heterocycles.